The Morgan fingerprint density at radius 1 is 1.14 bits per heavy atom. The summed E-state index contributed by atoms with van der Waals surface area (Å²) in [4.78, 5) is 16.4. The second-order valence-electron chi connectivity index (χ2n) is 5.39. The minimum Gasteiger partial charge on any atom is -0.497 e. The fraction of sp³-hybridized carbons (Fsp3) is 0.294. The molecule has 110 valence electrons. The Balaban J connectivity index is 2.05. The van der Waals surface area contributed by atoms with Gasteiger partial charge in [-0.05, 0) is 49.2 Å². The number of aromatic nitrogens is 1. The summed E-state index contributed by atoms with van der Waals surface area (Å²) in [6.45, 7) is 4.33. The molecule has 1 aromatic carbocycles. The molecule has 0 aliphatic rings. The number of amides is 1. The van der Waals surface area contributed by atoms with Crippen LogP contribution in [-0.4, -0.2) is 18.0 Å². The summed E-state index contributed by atoms with van der Waals surface area (Å²) in [7, 11) is 1.63. The highest BCUT2D eigenvalue weighted by atomic mass is 16.5. The van der Waals surface area contributed by atoms with Crippen molar-refractivity contribution in [2.45, 2.75) is 25.8 Å². The summed E-state index contributed by atoms with van der Waals surface area (Å²) in [5.41, 5.74) is 1.39. The zero-order valence-corrected chi connectivity index (χ0v) is 12.6. The Labute approximate surface area is 125 Å². The maximum atomic E-state index is 12.4. The van der Waals surface area contributed by atoms with Crippen LogP contribution in [0.15, 0.2) is 48.8 Å². The number of nitrogens with zero attached hydrogens (tertiary/aromatic N) is 1. The molecule has 1 N–H and O–H groups in total. The zero-order chi connectivity index (χ0) is 15.3. The van der Waals surface area contributed by atoms with Gasteiger partial charge in [-0.3, -0.25) is 9.78 Å². The fourth-order valence-electron chi connectivity index (χ4n) is 2.04. The Bertz CT molecular complexity index is 592. The van der Waals surface area contributed by atoms with Crippen molar-refractivity contribution in [3.63, 3.8) is 0 Å². The minimum absolute atomic E-state index is 0.00974. The highest BCUT2D eigenvalue weighted by Crippen LogP contribution is 2.25. The summed E-state index contributed by atoms with van der Waals surface area (Å²) in [6.07, 6.45) is 3.44. The van der Waals surface area contributed by atoms with Gasteiger partial charge >= 0.3 is 0 Å². The van der Waals surface area contributed by atoms with Gasteiger partial charge in [0.25, 0.3) is 0 Å². The number of benzene rings is 1. The molecule has 21 heavy (non-hydrogen) atoms. The topological polar surface area (TPSA) is 51.2 Å². The van der Waals surface area contributed by atoms with Gasteiger partial charge in [0.1, 0.15) is 5.75 Å². The molecule has 0 aliphatic carbocycles. The smallest absolute Gasteiger partial charge is 0.230 e. The summed E-state index contributed by atoms with van der Waals surface area (Å²) in [6, 6.07) is 11.4. The van der Waals surface area contributed by atoms with Gasteiger partial charge in [-0.2, -0.15) is 0 Å². The molecule has 0 fully saturated rings. The SMILES string of the molecule is COc1ccc(C(C)(C)C(=O)NCc2ccncc2)cc1. The average Bonchev–Trinajstić information content (AvgIpc) is 2.53. The number of pyridine rings is 1. The molecule has 0 atom stereocenters. The molecule has 0 spiro atoms. The van der Waals surface area contributed by atoms with E-state index in [1.54, 1.807) is 19.5 Å². The van der Waals surface area contributed by atoms with Crippen LogP contribution in [-0.2, 0) is 16.8 Å². The van der Waals surface area contributed by atoms with E-state index in [0.717, 1.165) is 16.9 Å². The predicted molar refractivity (Wildman–Crippen MR) is 82.1 cm³/mol. The van der Waals surface area contributed by atoms with Gasteiger partial charge in [0.15, 0.2) is 0 Å². The fourth-order valence-corrected chi connectivity index (χ4v) is 2.04. The third-order valence-electron chi connectivity index (χ3n) is 3.58. The predicted octanol–water partition coefficient (Wildman–Crippen LogP) is 2.68. The maximum absolute atomic E-state index is 12.4. The van der Waals surface area contributed by atoms with Gasteiger partial charge in [-0.25, -0.2) is 0 Å². The lowest BCUT2D eigenvalue weighted by Gasteiger charge is -2.24. The van der Waals surface area contributed by atoms with Crippen molar-refractivity contribution in [3.8, 4) is 5.75 Å². The van der Waals surface area contributed by atoms with Crippen molar-refractivity contribution in [3.05, 3.63) is 59.9 Å². The van der Waals surface area contributed by atoms with E-state index in [-0.39, 0.29) is 5.91 Å². The van der Waals surface area contributed by atoms with Gasteiger partial charge < -0.3 is 10.1 Å². The molecule has 1 heterocycles. The Kier molecular flexibility index (Phi) is 4.58. The van der Waals surface area contributed by atoms with E-state index in [2.05, 4.69) is 10.3 Å². The van der Waals surface area contributed by atoms with Crippen LogP contribution in [0.1, 0.15) is 25.0 Å². The van der Waals surface area contributed by atoms with E-state index in [4.69, 9.17) is 4.74 Å². The van der Waals surface area contributed by atoms with Gasteiger partial charge in [0.2, 0.25) is 5.91 Å². The van der Waals surface area contributed by atoms with Crippen LogP contribution in [0.2, 0.25) is 0 Å². The molecule has 0 saturated carbocycles. The second-order valence-corrected chi connectivity index (χ2v) is 5.39. The molecule has 0 bridgehead atoms. The molecule has 1 aromatic heterocycles. The van der Waals surface area contributed by atoms with Gasteiger partial charge in [-0.1, -0.05) is 12.1 Å². The lowest BCUT2D eigenvalue weighted by atomic mass is 9.83. The first-order valence-corrected chi connectivity index (χ1v) is 6.86. The van der Waals surface area contributed by atoms with Crippen molar-refractivity contribution >= 4 is 5.91 Å². The normalized spacial score (nSPS) is 11.0. The van der Waals surface area contributed by atoms with E-state index < -0.39 is 5.41 Å². The number of hydrogen-bond donors (Lipinski definition) is 1. The third-order valence-corrected chi connectivity index (χ3v) is 3.58. The molecule has 1 amide bonds. The number of ether oxygens (including phenoxy) is 1. The minimum atomic E-state index is -0.598. The monoisotopic (exact) mass is 284 g/mol. The number of carbonyl (C=O) groups is 1. The van der Waals surface area contributed by atoms with E-state index in [1.807, 2.05) is 50.2 Å². The molecule has 2 aromatic rings. The zero-order valence-electron chi connectivity index (χ0n) is 12.6. The van der Waals surface area contributed by atoms with Crippen LogP contribution >= 0.6 is 0 Å². The molecular formula is C17H20N2O2. The number of nitrogens with one attached hydrogen (secondary N) is 1. The van der Waals surface area contributed by atoms with Gasteiger partial charge in [0.05, 0.1) is 12.5 Å². The summed E-state index contributed by atoms with van der Waals surface area (Å²) < 4.78 is 5.14. The molecule has 0 saturated heterocycles. The molecule has 4 heteroatoms. The molecular weight excluding hydrogens is 264 g/mol. The molecule has 0 unspecified atom stereocenters. The second kappa shape index (κ2) is 6.39. The largest absolute Gasteiger partial charge is 0.497 e. The van der Waals surface area contributed by atoms with Crippen molar-refractivity contribution in [1.82, 2.24) is 10.3 Å². The standard InChI is InChI=1S/C17H20N2O2/c1-17(2,14-4-6-15(21-3)7-5-14)16(20)19-12-13-8-10-18-11-9-13/h4-11H,12H2,1-3H3,(H,19,20). The first kappa shape index (κ1) is 15.0. The Morgan fingerprint density at radius 2 is 1.76 bits per heavy atom. The Morgan fingerprint density at radius 3 is 2.33 bits per heavy atom. The number of rotatable bonds is 5. The maximum Gasteiger partial charge on any atom is 0.230 e. The van der Waals surface area contributed by atoms with Crippen LogP contribution in [0.3, 0.4) is 0 Å². The van der Waals surface area contributed by atoms with Crippen LogP contribution < -0.4 is 10.1 Å². The number of hydrogen-bond acceptors (Lipinski definition) is 3. The van der Waals surface area contributed by atoms with Crippen LogP contribution in [0.5, 0.6) is 5.75 Å². The van der Waals surface area contributed by atoms with E-state index in [0.29, 0.717) is 6.54 Å². The third kappa shape index (κ3) is 3.60. The van der Waals surface area contributed by atoms with Crippen LogP contribution in [0.25, 0.3) is 0 Å². The number of carbonyl (C=O) groups excluding carboxylic acids is 1. The van der Waals surface area contributed by atoms with E-state index in [1.165, 1.54) is 0 Å². The first-order chi connectivity index (χ1) is 10.0. The number of methoxy groups -OCH3 is 1. The Hall–Kier alpha value is -2.36. The van der Waals surface area contributed by atoms with Gasteiger partial charge in [-0.15, -0.1) is 0 Å². The summed E-state index contributed by atoms with van der Waals surface area (Å²) >= 11 is 0. The molecule has 0 aliphatic heterocycles. The van der Waals surface area contributed by atoms with Crippen molar-refractivity contribution in [2.24, 2.45) is 0 Å². The molecule has 2 rings (SSSR count). The van der Waals surface area contributed by atoms with Gasteiger partial charge in [0, 0.05) is 18.9 Å². The molecule has 0 radical (unpaired) electrons. The van der Waals surface area contributed by atoms with E-state index >= 15 is 0 Å². The summed E-state index contributed by atoms with van der Waals surface area (Å²) in [5, 5.41) is 2.97. The quantitative estimate of drug-likeness (QED) is 0.918. The van der Waals surface area contributed by atoms with E-state index in [9.17, 15) is 4.79 Å². The lowest BCUT2D eigenvalue weighted by molar-refractivity contribution is -0.125. The highest BCUT2D eigenvalue weighted by molar-refractivity contribution is 5.87. The highest BCUT2D eigenvalue weighted by Gasteiger charge is 2.29. The van der Waals surface area contributed by atoms with Crippen LogP contribution in [0, 0.1) is 0 Å². The summed E-state index contributed by atoms with van der Waals surface area (Å²) in [5.74, 6) is 0.774. The lowest BCUT2D eigenvalue weighted by Crippen LogP contribution is -2.39. The van der Waals surface area contributed by atoms with Crippen LogP contribution in [0.4, 0.5) is 0 Å². The van der Waals surface area contributed by atoms with Crippen molar-refractivity contribution in [2.75, 3.05) is 7.11 Å². The first-order valence-electron chi connectivity index (χ1n) is 6.86. The van der Waals surface area contributed by atoms with Crippen molar-refractivity contribution < 1.29 is 9.53 Å². The van der Waals surface area contributed by atoms with Crippen molar-refractivity contribution in [1.29, 1.82) is 0 Å². The molecule has 4 nitrogen and oxygen atoms in total. The average molecular weight is 284 g/mol.